The largest absolute Gasteiger partial charge is 0.481 e. The van der Waals surface area contributed by atoms with E-state index in [-0.39, 0.29) is 0 Å². The Balaban J connectivity index is 2.03. The van der Waals surface area contributed by atoms with Crippen molar-refractivity contribution in [3.8, 4) is 0 Å². The normalized spacial score (nSPS) is 23.9. The van der Waals surface area contributed by atoms with Gasteiger partial charge in [0.15, 0.2) is 0 Å². The predicted molar refractivity (Wildman–Crippen MR) is 83.2 cm³/mol. The Labute approximate surface area is 125 Å². The second-order valence-electron chi connectivity index (χ2n) is 5.87. The van der Waals surface area contributed by atoms with Gasteiger partial charge in [-0.3, -0.25) is 9.69 Å². The van der Waals surface area contributed by atoms with Crippen molar-refractivity contribution < 1.29 is 9.90 Å². The molecule has 0 amide bonds. The van der Waals surface area contributed by atoms with Gasteiger partial charge in [-0.1, -0.05) is 20.3 Å². The molecule has 2 heterocycles. The standard InChI is InChI=1S/C16H25NO2S/c1-3-8-16(15(18)19)9-5-10-17(12-16)11-14-7-6-13(4-2)20-14/h6-7H,3-5,8-12H2,1-2H3,(H,18,19). The molecule has 1 aliphatic rings. The van der Waals surface area contributed by atoms with E-state index in [0.29, 0.717) is 6.54 Å². The highest BCUT2D eigenvalue weighted by molar-refractivity contribution is 7.11. The molecule has 20 heavy (non-hydrogen) atoms. The predicted octanol–water partition coefficient (Wildman–Crippen LogP) is 3.78. The molecule has 1 unspecified atom stereocenters. The maximum atomic E-state index is 11.7. The average Bonchev–Trinajstić information content (AvgIpc) is 2.87. The van der Waals surface area contributed by atoms with Gasteiger partial charge in [-0.2, -0.15) is 0 Å². The molecule has 0 bridgehead atoms. The lowest BCUT2D eigenvalue weighted by Gasteiger charge is -2.39. The fraction of sp³-hybridized carbons (Fsp3) is 0.688. The van der Waals surface area contributed by atoms with Crippen LogP contribution >= 0.6 is 11.3 Å². The molecule has 1 aliphatic heterocycles. The maximum absolute atomic E-state index is 11.7. The van der Waals surface area contributed by atoms with Crippen LogP contribution in [0.15, 0.2) is 12.1 Å². The first kappa shape index (κ1) is 15.5. The van der Waals surface area contributed by atoms with E-state index in [4.69, 9.17) is 0 Å². The first-order chi connectivity index (χ1) is 9.59. The molecule has 0 aromatic carbocycles. The summed E-state index contributed by atoms with van der Waals surface area (Å²) in [5.41, 5.74) is -0.516. The van der Waals surface area contributed by atoms with Crippen LogP contribution in [0.1, 0.15) is 49.3 Å². The van der Waals surface area contributed by atoms with Crippen molar-refractivity contribution in [1.29, 1.82) is 0 Å². The minimum atomic E-state index is -0.607. The number of hydrogen-bond acceptors (Lipinski definition) is 3. The van der Waals surface area contributed by atoms with Gasteiger partial charge in [-0.05, 0) is 44.4 Å². The highest BCUT2D eigenvalue weighted by Crippen LogP contribution is 2.36. The molecule has 0 saturated carbocycles. The van der Waals surface area contributed by atoms with Gasteiger partial charge in [-0.25, -0.2) is 0 Å². The lowest BCUT2D eigenvalue weighted by Crippen LogP contribution is -2.47. The maximum Gasteiger partial charge on any atom is 0.310 e. The fourth-order valence-electron chi connectivity index (χ4n) is 3.24. The van der Waals surface area contributed by atoms with Crippen LogP contribution < -0.4 is 0 Å². The molecule has 1 atom stereocenters. The average molecular weight is 295 g/mol. The molecule has 2 rings (SSSR count). The van der Waals surface area contributed by atoms with Crippen LogP contribution in [0.5, 0.6) is 0 Å². The second-order valence-corrected chi connectivity index (χ2v) is 7.12. The number of likely N-dealkylation sites (tertiary alicyclic amines) is 1. The minimum absolute atomic E-state index is 0.516. The number of thiophene rings is 1. The molecule has 0 spiro atoms. The van der Waals surface area contributed by atoms with Crippen molar-refractivity contribution in [1.82, 2.24) is 4.90 Å². The summed E-state index contributed by atoms with van der Waals surface area (Å²) in [6.07, 6.45) is 4.65. The molecule has 1 fully saturated rings. The van der Waals surface area contributed by atoms with E-state index in [1.807, 2.05) is 11.3 Å². The number of carboxylic acid groups (broad SMARTS) is 1. The first-order valence-corrected chi connectivity index (χ1v) is 8.44. The number of rotatable bonds is 6. The fourth-order valence-corrected chi connectivity index (χ4v) is 4.24. The van der Waals surface area contributed by atoms with Gasteiger partial charge < -0.3 is 5.11 Å². The van der Waals surface area contributed by atoms with Gasteiger partial charge in [0, 0.05) is 22.8 Å². The highest BCUT2D eigenvalue weighted by atomic mass is 32.1. The van der Waals surface area contributed by atoms with Gasteiger partial charge in [0.25, 0.3) is 0 Å². The summed E-state index contributed by atoms with van der Waals surface area (Å²) in [5.74, 6) is -0.607. The Bertz CT molecular complexity index is 453. The van der Waals surface area contributed by atoms with Crippen LogP contribution in [-0.4, -0.2) is 29.1 Å². The third-order valence-corrected chi connectivity index (χ3v) is 5.50. The van der Waals surface area contributed by atoms with Crippen LogP contribution in [-0.2, 0) is 17.8 Å². The number of aliphatic carboxylic acids is 1. The smallest absolute Gasteiger partial charge is 0.310 e. The van der Waals surface area contributed by atoms with Crippen molar-refractivity contribution in [2.24, 2.45) is 5.41 Å². The van der Waals surface area contributed by atoms with Crippen molar-refractivity contribution in [2.75, 3.05) is 13.1 Å². The van der Waals surface area contributed by atoms with Gasteiger partial charge in [-0.15, -0.1) is 11.3 Å². The molecule has 0 aliphatic carbocycles. The number of carbonyl (C=O) groups is 1. The molecule has 0 radical (unpaired) electrons. The summed E-state index contributed by atoms with van der Waals surface area (Å²) in [5, 5.41) is 9.62. The van der Waals surface area contributed by atoms with Crippen LogP contribution in [0.4, 0.5) is 0 Å². The van der Waals surface area contributed by atoms with Crippen LogP contribution in [0.3, 0.4) is 0 Å². The SMILES string of the molecule is CCCC1(C(=O)O)CCCN(Cc2ccc(CC)s2)C1. The van der Waals surface area contributed by atoms with E-state index in [1.165, 1.54) is 9.75 Å². The molecular formula is C16H25NO2S. The Morgan fingerprint density at radius 2 is 2.15 bits per heavy atom. The zero-order valence-electron chi connectivity index (χ0n) is 12.5. The number of carboxylic acids is 1. The Morgan fingerprint density at radius 1 is 1.40 bits per heavy atom. The van der Waals surface area contributed by atoms with Crippen molar-refractivity contribution in [3.63, 3.8) is 0 Å². The van der Waals surface area contributed by atoms with E-state index in [1.54, 1.807) is 0 Å². The summed E-state index contributed by atoms with van der Waals surface area (Å²) in [4.78, 5) is 16.8. The Kier molecular flexibility index (Phi) is 5.22. The molecule has 1 aromatic heterocycles. The minimum Gasteiger partial charge on any atom is -0.481 e. The van der Waals surface area contributed by atoms with Gasteiger partial charge in [0.1, 0.15) is 0 Å². The number of piperidine rings is 1. The van der Waals surface area contributed by atoms with E-state index < -0.39 is 11.4 Å². The Hall–Kier alpha value is -0.870. The van der Waals surface area contributed by atoms with Gasteiger partial charge in [0.2, 0.25) is 0 Å². The molecule has 3 nitrogen and oxygen atoms in total. The monoisotopic (exact) mass is 295 g/mol. The number of nitrogens with zero attached hydrogens (tertiary/aromatic N) is 1. The quantitative estimate of drug-likeness (QED) is 0.868. The molecule has 112 valence electrons. The van der Waals surface area contributed by atoms with Crippen molar-refractivity contribution >= 4 is 17.3 Å². The molecule has 4 heteroatoms. The summed E-state index contributed by atoms with van der Waals surface area (Å²) in [6, 6.07) is 4.39. The molecule has 1 aromatic rings. The summed E-state index contributed by atoms with van der Waals surface area (Å²) >= 11 is 1.86. The number of aryl methyl sites for hydroxylation is 1. The van der Waals surface area contributed by atoms with Crippen molar-refractivity contribution in [2.45, 2.75) is 52.5 Å². The molecular weight excluding hydrogens is 270 g/mol. The molecule has 1 N–H and O–H groups in total. The van der Waals surface area contributed by atoms with E-state index >= 15 is 0 Å². The zero-order valence-corrected chi connectivity index (χ0v) is 13.3. The second kappa shape index (κ2) is 6.72. The summed E-state index contributed by atoms with van der Waals surface area (Å²) in [7, 11) is 0. The van der Waals surface area contributed by atoms with Gasteiger partial charge >= 0.3 is 5.97 Å². The van der Waals surface area contributed by atoms with E-state index in [0.717, 1.165) is 45.2 Å². The lowest BCUT2D eigenvalue weighted by molar-refractivity contribution is -0.153. The third-order valence-electron chi connectivity index (χ3n) is 4.28. The van der Waals surface area contributed by atoms with Crippen LogP contribution in [0.2, 0.25) is 0 Å². The highest BCUT2D eigenvalue weighted by Gasteiger charge is 2.41. The summed E-state index contributed by atoms with van der Waals surface area (Å²) in [6.45, 7) is 6.89. The topological polar surface area (TPSA) is 40.5 Å². The molecule has 1 saturated heterocycles. The van der Waals surface area contributed by atoms with Crippen LogP contribution in [0, 0.1) is 5.41 Å². The number of hydrogen-bond donors (Lipinski definition) is 1. The first-order valence-electron chi connectivity index (χ1n) is 7.63. The van der Waals surface area contributed by atoms with Crippen LogP contribution in [0.25, 0.3) is 0 Å². The van der Waals surface area contributed by atoms with E-state index in [9.17, 15) is 9.90 Å². The van der Waals surface area contributed by atoms with Gasteiger partial charge in [0.05, 0.1) is 5.41 Å². The Morgan fingerprint density at radius 3 is 2.75 bits per heavy atom. The summed E-state index contributed by atoms with van der Waals surface area (Å²) < 4.78 is 0. The third kappa shape index (κ3) is 3.41. The zero-order chi connectivity index (χ0) is 14.6. The van der Waals surface area contributed by atoms with E-state index in [2.05, 4.69) is 30.9 Å². The van der Waals surface area contributed by atoms with Crippen molar-refractivity contribution in [3.05, 3.63) is 21.9 Å². The lowest BCUT2D eigenvalue weighted by atomic mass is 9.76.